The molecule has 1 aromatic carbocycles. The molecule has 2 rings (SSSR count). The molecule has 9 nitrogen and oxygen atoms in total. The van der Waals surface area contributed by atoms with Gasteiger partial charge in [0.15, 0.2) is 11.5 Å². The Hall–Kier alpha value is -1.91. The maximum absolute atomic E-state index is 12.0. The Labute approximate surface area is 131 Å². The van der Waals surface area contributed by atoms with Gasteiger partial charge >= 0.3 is 5.97 Å². The number of aliphatic hydroxyl groups excluding tert-OH is 4. The standard InChI is InChI=1S/C14H18O9/c1-21-8-3-2-6(4-7(8)16)13(20)23-14-12(19)11(18)10(17)9(5-15)22-14/h2-4,9-12,14-19H,5H2,1H3/t9-,10-,11+,12-,14+/m0/s1. The third kappa shape index (κ3) is 3.54. The highest BCUT2D eigenvalue weighted by Crippen LogP contribution is 2.28. The van der Waals surface area contributed by atoms with Crippen LogP contribution < -0.4 is 4.74 Å². The molecule has 1 heterocycles. The smallest absolute Gasteiger partial charge is 0.340 e. The maximum atomic E-state index is 12.0. The zero-order valence-electron chi connectivity index (χ0n) is 12.2. The number of phenols is 1. The number of aliphatic hydroxyl groups is 4. The number of aromatic hydroxyl groups is 1. The van der Waals surface area contributed by atoms with Gasteiger partial charge in [0.05, 0.1) is 19.3 Å². The van der Waals surface area contributed by atoms with E-state index in [1.807, 2.05) is 0 Å². The zero-order valence-corrected chi connectivity index (χ0v) is 12.2. The number of hydrogen-bond donors (Lipinski definition) is 5. The van der Waals surface area contributed by atoms with Gasteiger partial charge in [-0.2, -0.15) is 0 Å². The van der Waals surface area contributed by atoms with Crippen molar-refractivity contribution in [2.75, 3.05) is 13.7 Å². The van der Waals surface area contributed by atoms with Gasteiger partial charge in [-0.25, -0.2) is 4.79 Å². The third-order valence-corrected chi connectivity index (χ3v) is 3.49. The molecule has 0 amide bonds. The first-order valence-corrected chi connectivity index (χ1v) is 6.77. The molecule has 0 spiro atoms. The molecule has 0 aromatic heterocycles. The van der Waals surface area contributed by atoms with Gasteiger partial charge in [-0.1, -0.05) is 0 Å². The Morgan fingerprint density at radius 1 is 1.22 bits per heavy atom. The van der Waals surface area contributed by atoms with Crippen molar-refractivity contribution in [2.24, 2.45) is 0 Å². The van der Waals surface area contributed by atoms with Gasteiger partial charge in [-0.15, -0.1) is 0 Å². The summed E-state index contributed by atoms with van der Waals surface area (Å²) in [6, 6.07) is 3.77. The van der Waals surface area contributed by atoms with Crippen LogP contribution in [0.5, 0.6) is 11.5 Å². The molecule has 9 heteroatoms. The summed E-state index contributed by atoms with van der Waals surface area (Å²) in [5.41, 5.74) is -0.0414. The van der Waals surface area contributed by atoms with Gasteiger partial charge < -0.3 is 39.7 Å². The van der Waals surface area contributed by atoms with Crippen LogP contribution >= 0.6 is 0 Å². The normalized spacial score (nSPS) is 30.7. The summed E-state index contributed by atoms with van der Waals surface area (Å²) in [5.74, 6) is -1.06. The van der Waals surface area contributed by atoms with Gasteiger partial charge in [0.2, 0.25) is 6.29 Å². The van der Waals surface area contributed by atoms with Crippen molar-refractivity contribution in [1.82, 2.24) is 0 Å². The molecule has 0 aliphatic carbocycles. The summed E-state index contributed by atoms with van der Waals surface area (Å²) in [4.78, 5) is 12.0. The first-order valence-electron chi connectivity index (χ1n) is 6.77. The quantitative estimate of drug-likeness (QED) is 0.410. The maximum Gasteiger partial charge on any atom is 0.340 e. The van der Waals surface area contributed by atoms with E-state index < -0.39 is 43.3 Å². The molecule has 1 aliphatic heterocycles. The van der Waals surface area contributed by atoms with Crippen LogP contribution in [0.1, 0.15) is 10.4 Å². The molecule has 0 radical (unpaired) electrons. The Morgan fingerprint density at radius 3 is 2.48 bits per heavy atom. The lowest BCUT2D eigenvalue weighted by Gasteiger charge is -2.39. The summed E-state index contributed by atoms with van der Waals surface area (Å²) in [6.07, 6.45) is -7.65. The first kappa shape index (κ1) is 17.4. The van der Waals surface area contributed by atoms with E-state index in [1.54, 1.807) is 0 Å². The largest absolute Gasteiger partial charge is 0.504 e. The van der Waals surface area contributed by atoms with E-state index in [2.05, 4.69) is 0 Å². The minimum absolute atomic E-state index is 0.0414. The summed E-state index contributed by atoms with van der Waals surface area (Å²) >= 11 is 0. The average molecular weight is 330 g/mol. The fourth-order valence-electron chi connectivity index (χ4n) is 2.16. The Morgan fingerprint density at radius 2 is 1.91 bits per heavy atom. The molecule has 5 atom stereocenters. The molecule has 0 saturated carbocycles. The number of esters is 1. The van der Waals surface area contributed by atoms with Gasteiger partial charge in [-0.05, 0) is 18.2 Å². The van der Waals surface area contributed by atoms with Crippen LogP contribution in [0, 0.1) is 0 Å². The van der Waals surface area contributed by atoms with Crippen molar-refractivity contribution in [1.29, 1.82) is 0 Å². The Kier molecular flexibility index (Phi) is 5.39. The molecule has 5 N–H and O–H groups in total. The van der Waals surface area contributed by atoms with Gasteiger partial charge in [0.25, 0.3) is 0 Å². The molecule has 1 aromatic rings. The summed E-state index contributed by atoms with van der Waals surface area (Å²) in [6.45, 7) is -0.637. The van der Waals surface area contributed by atoms with E-state index >= 15 is 0 Å². The summed E-state index contributed by atoms with van der Waals surface area (Å²) < 4.78 is 14.8. The van der Waals surface area contributed by atoms with E-state index in [4.69, 9.17) is 19.3 Å². The second-order valence-electron chi connectivity index (χ2n) is 4.99. The zero-order chi connectivity index (χ0) is 17.1. The topological polar surface area (TPSA) is 146 Å². The fraction of sp³-hybridized carbons (Fsp3) is 0.500. The number of hydrogen-bond acceptors (Lipinski definition) is 9. The number of methoxy groups -OCH3 is 1. The lowest BCUT2D eigenvalue weighted by Crippen LogP contribution is -2.59. The van der Waals surface area contributed by atoms with Crippen molar-refractivity contribution in [3.8, 4) is 11.5 Å². The van der Waals surface area contributed by atoms with E-state index in [0.29, 0.717) is 0 Å². The second kappa shape index (κ2) is 7.11. The van der Waals surface area contributed by atoms with Crippen molar-refractivity contribution >= 4 is 5.97 Å². The molecule has 1 fully saturated rings. The number of phenolic OH excluding ortho intramolecular Hbond substituents is 1. The molecular formula is C14H18O9. The van der Waals surface area contributed by atoms with E-state index in [1.165, 1.54) is 19.2 Å². The molecule has 1 aliphatic rings. The SMILES string of the molecule is COc1ccc(C(=O)O[C@H]2O[C@@H](CO)[C@H](O)[C@@H](O)[C@@H]2O)cc1O. The van der Waals surface area contributed by atoms with Crippen LogP contribution in [0.4, 0.5) is 0 Å². The number of carbonyl (C=O) groups excluding carboxylic acids is 1. The number of rotatable bonds is 4. The van der Waals surface area contributed by atoms with Crippen LogP contribution in [0.25, 0.3) is 0 Å². The van der Waals surface area contributed by atoms with Crippen molar-refractivity contribution in [2.45, 2.75) is 30.7 Å². The molecule has 23 heavy (non-hydrogen) atoms. The first-order chi connectivity index (χ1) is 10.9. The van der Waals surface area contributed by atoms with E-state index in [-0.39, 0.29) is 17.1 Å². The number of carbonyl (C=O) groups is 1. The fourth-order valence-corrected chi connectivity index (χ4v) is 2.16. The Bertz CT molecular complexity index is 559. The van der Waals surface area contributed by atoms with Crippen molar-refractivity contribution in [3.63, 3.8) is 0 Å². The van der Waals surface area contributed by atoms with Crippen LogP contribution in [-0.4, -0.2) is 75.9 Å². The van der Waals surface area contributed by atoms with Crippen LogP contribution in [0.3, 0.4) is 0 Å². The molecule has 128 valence electrons. The van der Waals surface area contributed by atoms with Crippen LogP contribution in [-0.2, 0) is 9.47 Å². The van der Waals surface area contributed by atoms with E-state index in [9.17, 15) is 25.2 Å². The molecule has 1 saturated heterocycles. The highest BCUT2D eigenvalue weighted by atomic mass is 16.7. The van der Waals surface area contributed by atoms with Crippen LogP contribution in [0.15, 0.2) is 18.2 Å². The highest BCUT2D eigenvalue weighted by Gasteiger charge is 2.45. The van der Waals surface area contributed by atoms with Crippen LogP contribution in [0.2, 0.25) is 0 Å². The predicted octanol–water partition coefficient (Wildman–Crippen LogP) is -1.64. The lowest BCUT2D eigenvalue weighted by molar-refractivity contribution is -0.285. The van der Waals surface area contributed by atoms with Gasteiger partial charge in [-0.3, -0.25) is 0 Å². The Balaban J connectivity index is 2.11. The van der Waals surface area contributed by atoms with Gasteiger partial charge in [0.1, 0.15) is 24.4 Å². The summed E-state index contributed by atoms with van der Waals surface area (Å²) in [7, 11) is 1.35. The van der Waals surface area contributed by atoms with Crippen molar-refractivity contribution < 1.29 is 44.5 Å². The lowest BCUT2D eigenvalue weighted by atomic mass is 9.99. The molecular weight excluding hydrogens is 312 g/mol. The third-order valence-electron chi connectivity index (χ3n) is 3.49. The summed E-state index contributed by atoms with van der Waals surface area (Å²) in [5, 5.41) is 47.8. The molecule has 0 unspecified atom stereocenters. The minimum Gasteiger partial charge on any atom is -0.504 e. The van der Waals surface area contributed by atoms with Gasteiger partial charge in [0, 0.05) is 0 Å². The highest BCUT2D eigenvalue weighted by molar-refractivity contribution is 5.90. The minimum atomic E-state index is -1.69. The molecule has 0 bridgehead atoms. The van der Waals surface area contributed by atoms with E-state index in [0.717, 1.165) is 6.07 Å². The second-order valence-corrected chi connectivity index (χ2v) is 4.99. The predicted molar refractivity (Wildman–Crippen MR) is 73.8 cm³/mol. The number of benzene rings is 1. The number of ether oxygens (including phenoxy) is 3. The monoisotopic (exact) mass is 330 g/mol. The average Bonchev–Trinajstić information content (AvgIpc) is 2.55. The van der Waals surface area contributed by atoms with Crippen molar-refractivity contribution in [3.05, 3.63) is 23.8 Å².